The number of aliphatic hydroxyl groups excluding tert-OH is 2. The van der Waals surface area contributed by atoms with Crippen molar-refractivity contribution < 1.29 is 15.1 Å². The maximum absolute atomic E-state index is 10.6. The second-order valence-electron chi connectivity index (χ2n) is 4.88. The van der Waals surface area contributed by atoms with Gasteiger partial charge in [-0.1, -0.05) is 18.5 Å². The van der Waals surface area contributed by atoms with Gasteiger partial charge in [0.25, 0.3) is 5.69 Å². The van der Waals surface area contributed by atoms with E-state index in [1.54, 1.807) is 24.9 Å². The van der Waals surface area contributed by atoms with Crippen molar-refractivity contribution in [3.63, 3.8) is 0 Å². The predicted octanol–water partition coefficient (Wildman–Crippen LogP) is 1.68. The maximum atomic E-state index is 10.6. The number of benzene rings is 1. The molecule has 0 amide bonds. The van der Waals surface area contributed by atoms with Gasteiger partial charge in [0.1, 0.15) is 0 Å². The number of nitro benzene ring substituents is 1. The van der Waals surface area contributed by atoms with Crippen LogP contribution in [-0.2, 0) is 0 Å². The Balaban J connectivity index is 2.94. The van der Waals surface area contributed by atoms with Gasteiger partial charge >= 0.3 is 0 Å². The molecule has 0 bridgehead atoms. The Morgan fingerprint density at radius 3 is 2.42 bits per heavy atom. The Bertz CT molecular complexity index is 463. The molecule has 0 heterocycles. The predicted molar refractivity (Wildman–Crippen MR) is 73.7 cm³/mol. The van der Waals surface area contributed by atoms with E-state index < -0.39 is 10.3 Å². The van der Waals surface area contributed by atoms with Crippen molar-refractivity contribution in [2.45, 2.75) is 6.92 Å². The molecule has 0 saturated carbocycles. The van der Waals surface area contributed by atoms with Crippen molar-refractivity contribution in [3.05, 3.63) is 33.3 Å². The highest BCUT2D eigenvalue weighted by Crippen LogP contribution is 2.30. The fraction of sp³-hybridized carbons (Fsp3) is 0.500. The minimum absolute atomic E-state index is 0.0748. The maximum Gasteiger partial charge on any atom is 0.271 e. The lowest BCUT2D eigenvalue weighted by Gasteiger charge is -2.32. The van der Waals surface area contributed by atoms with Crippen molar-refractivity contribution in [2.24, 2.45) is 5.41 Å². The number of anilines is 1. The third kappa shape index (κ3) is 3.79. The smallest absolute Gasteiger partial charge is 0.271 e. The average Bonchev–Trinajstić information content (AvgIpc) is 2.38. The number of rotatable bonds is 6. The molecule has 2 N–H and O–H groups in total. The molecule has 1 aromatic rings. The van der Waals surface area contributed by atoms with Gasteiger partial charge in [-0.05, 0) is 6.07 Å². The Labute approximate surface area is 116 Å². The van der Waals surface area contributed by atoms with Crippen molar-refractivity contribution in [1.82, 2.24) is 0 Å². The van der Waals surface area contributed by atoms with Gasteiger partial charge in [-0.3, -0.25) is 10.1 Å². The van der Waals surface area contributed by atoms with Crippen LogP contribution in [-0.4, -0.2) is 41.9 Å². The zero-order valence-corrected chi connectivity index (χ0v) is 11.6. The summed E-state index contributed by atoms with van der Waals surface area (Å²) < 4.78 is 0. The van der Waals surface area contributed by atoms with Crippen LogP contribution in [0.4, 0.5) is 11.4 Å². The van der Waals surface area contributed by atoms with Gasteiger partial charge < -0.3 is 15.1 Å². The molecule has 0 unspecified atom stereocenters. The topological polar surface area (TPSA) is 86.8 Å². The van der Waals surface area contributed by atoms with Crippen LogP contribution in [0.3, 0.4) is 0 Å². The zero-order chi connectivity index (χ0) is 14.6. The van der Waals surface area contributed by atoms with Crippen molar-refractivity contribution in [3.8, 4) is 0 Å². The van der Waals surface area contributed by atoms with Gasteiger partial charge in [-0.2, -0.15) is 0 Å². The number of nitro groups is 1. The van der Waals surface area contributed by atoms with Gasteiger partial charge in [0.05, 0.1) is 28.8 Å². The highest BCUT2D eigenvalue weighted by molar-refractivity contribution is 6.33. The summed E-state index contributed by atoms with van der Waals surface area (Å²) >= 11 is 6.01. The molecule has 0 spiro atoms. The van der Waals surface area contributed by atoms with Crippen LogP contribution in [0.5, 0.6) is 0 Å². The van der Waals surface area contributed by atoms with Crippen LogP contribution in [0.2, 0.25) is 5.02 Å². The van der Waals surface area contributed by atoms with Crippen molar-refractivity contribution in [2.75, 3.05) is 31.7 Å². The summed E-state index contributed by atoms with van der Waals surface area (Å²) in [5.74, 6) is 0. The normalized spacial score (nSPS) is 11.4. The first-order valence-corrected chi connectivity index (χ1v) is 6.07. The second-order valence-corrected chi connectivity index (χ2v) is 5.28. The Morgan fingerprint density at radius 2 is 2.00 bits per heavy atom. The summed E-state index contributed by atoms with van der Waals surface area (Å²) in [5.41, 5.74) is -0.130. The molecule has 7 heteroatoms. The second kappa shape index (κ2) is 6.18. The lowest BCUT2D eigenvalue weighted by molar-refractivity contribution is -0.384. The number of nitrogens with zero attached hydrogens (tertiary/aromatic N) is 2. The molecule has 0 aliphatic rings. The minimum atomic E-state index is -0.667. The third-order valence-electron chi connectivity index (χ3n) is 2.94. The molecule has 0 atom stereocenters. The van der Waals surface area contributed by atoms with Crippen LogP contribution in [0, 0.1) is 15.5 Å². The molecule has 1 aromatic carbocycles. The number of halogens is 1. The molecule has 0 radical (unpaired) electrons. The first-order chi connectivity index (χ1) is 8.83. The van der Waals surface area contributed by atoms with E-state index in [9.17, 15) is 20.3 Å². The summed E-state index contributed by atoms with van der Waals surface area (Å²) in [6, 6.07) is 4.20. The highest BCUT2D eigenvalue weighted by atomic mass is 35.5. The van der Waals surface area contributed by atoms with Crippen molar-refractivity contribution >= 4 is 23.0 Å². The average molecular weight is 289 g/mol. The Morgan fingerprint density at radius 1 is 1.42 bits per heavy atom. The van der Waals surface area contributed by atoms with Crippen molar-refractivity contribution in [1.29, 1.82) is 0 Å². The first kappa shape index (κ1) is 15.7. The van der Waals surface area contributed by atoms with Crippen LogP contribution in [0.25, 0.3) is 0 Å². The molecule has 6 nitrogen and oxygen atoms in total. The molecular weight excluding hydrogens is 272 g/mol. The quantitative estimate of drug-likeness (QED) is 0.614. The molecule has 0 aliphatic carbocycles. The number of aliphatic hydroxyl groups is 2. The lowest BCUT2D eigenvalue weighted by Crippen LogP contribution is -2.39. The Hall–Kier alpha value is -1.37. The molecule has 0 fully saturated rings. The number of hydrogen-bond acceptors (Lipinski definition) is 5. The molecule has 0 saturated heterocycles. The number of non-ortho nitro benzene ring substituents is 1. The van der Waals surface area contributed by atoms with E-state index in [4.69, 9.17) is 11.6 Å². The summed E-state index contributed by atoms with van der Waals surface area (Å²) in [5, 5.41) is 29.4. The summed E-state index contributed by atoms with van der Waals surface area (Å²) in [6.07, 6.45) is 0. The van der Waals surface area contributed by atoms with E-state index in [0.717, 1.165) is 0 Å². The molecular formula is C12H17ClN2O4. The third-order valence-corrected chi connectivity index (χ3v) is 3.24. The van der Waals surface area contributed by atoms with E-state index in [0.29, 0.717) is 12.2 Å². The standard InChI is InChI=1S/C12H17ClN2O4/c1-12(7-16,8-17)6-14(2)11-4-3-9(15(18)19)5-10(11)13/h3-5,16-17H,6-8H2,1-2H3. The van der Waals surface area contributed by atoms with E-state index in [2.05, 4.69) is 0 Å². The monoisotopic (exact) mass is 288 g/mol. The van der Waals surface area contributed by atoms with E-state index >= 15 is 0 Å². The van der Waals surface area contributed by atoms with Crippen LogP contribution in [0.1, 0.15) is 6.92 Å². The van der Waals surface area contributed by atoms with E-state index in [1.807, 2.05) is 0 Å². The highest BCUT2D eigenvalue weighted by Gasteiger charge is 2.25. The van der Waals surface area contributed by atoms with Gasteiger partial charge in [0.15, 0.2) is 0 Å². The van der Waals surface area contributed by atoms with Gasteiger partial charge in [0, 0.05) is 31.1 Å². The summed E-state index contributed by atoms with van der Waals surface area (Å²) in [6.45, 7) is 1.78. The SMILES string of the molecule is CN(CC(C)(CO)CO)c1ccc([N+](=O)[O-])cc1Cl. The van der Waals surface area contributed by atoms with E-state index in [-0.39, 0.29) is 23.9 Å². The summed E-state index contributed by atoms with van der Waals surface area (Å²) in [7, 11) is 1.75. The van der Waals surface area contributed by atoms with Crippen LogP contribution < -0.4 is 4.90 Å². The largest absolute Gasteiger partial charge is 0.396 e. The molecule has 19 heavy (non-hydrogen) atoms. The number of hydrogen-bond donors (Lipinski definition) is 2. The summed E-state index contributed by atoms with van der Waals surface area (Å²) in [4.78, 5) is 11.9. The molecule has 0 aromatic heterocycles. The lowest BCUT2D eigenvalue weighted by atomic mass is 9.92. The van der Waals surface area contributed by atoms with Gasteiger partial charge in [0.2, 0.25) is 0 Å². The fourth-order valence-corrected chi connectivity index (χ4v) is 2.05. The van der Waals surface area contributed by atoms with Crippen LogP contribution >= 0.6 is 11.6 Å². The van der Waals surface area contributed by atoms with Crippen LogP contribution in [0.15, 0.2) is 18.2 Å². The molecule has 0 aliphatic heterocycles. The van der Waals surface area contributed by atoms with E-state index in [1.165, 1.54) is 12.1 Å². The Kier molecular flexibility index (Phi) is 5.11. The van der Waals surface area contributed by atoms with Gasteiger partial charge in [-0.15, -0.1) is 0 Å². The van der Waals surface area contributed by atoms with Gasteiger partial charge in [-0.25, -0.2) is 0 Å². The first-order valence-electron chi connectivity index (χ1n) is 5.70. The molecule has 106 valence electrons. The zero-order valence-electron chi connectivity index (χ0n) is 10.8. The molecule has 1 rings (SSSR count). The minimum Gasteiger partial charge on any atom is -0.396 e. The fourth-order valence-electron chi connectivity index (χ4n) is 1.73.